The van der Waals surface area contributed by atoms with Gasteiger partial charge >= 0.3 is 5.97 Å². The van der Waals surface area contributed by atoms with Gasteiger partial charge in [-0.2, -0.15) is 0 Å². The minimum atomic E-state index is -1.35. The number of aliphatic carboxylic acids is 1. The number of nitrogens with one attached hydrogen (secondary N) is 2. The van der Waals surface area contributed by atoms with Gasteiger partial charge in [0.25, 0.3) is 5.69 Å². The summed E-state index contributed by atoms with van der Waals surface area (Å²) < 4.78 is 13.9. The Hall–Kier alpha value is -3.82. The van der Waals surface area contributed by atoms with Crippen LogP contribution in [0.5, 0.6) is 0 Å². The van der Waals surface area contributed by atoms with Crippen LogP contribution in [0.15, 0.2) is 48.5 Å². The van der Waals surface area contributed by atoms with Crippen LogP contribution in [-0.2, 0) is 27.2 Å². The number of halogens is 1. The Balaban J connectivity index is 2.14. The normalized spacial score (nSPS) is 12.5. The number of rotatable bonds is 9. The van der Waals surface area contributed by atoms with Crippen LogP contribution in [0.1, 0.15) is 18.1 Å². The second-order valence-corrected chi connectivity index (χ2v) is 6.58. The van der Waals surface area contributed by atoms with E-state index in [9.17, 15) is 34.0 Å². The van der Waals surface area contributed by atoms with E-state index in [4.69, 9.17) is 0 Å². The van der Waals surface area contributed by atoms with Crippen LogP contribution in [0, 0.1) is 15.9 Å². The molecule has 0 bridgehead atoms. The first-order valence-corrected chi connectivity index (χ1v) is 8.94. The molecule has 0 radical (unpaired) electrons. The fourth-order valence-electron chi connectivity index (χ4n) is 2.80. The molecular formula is C20H20FN3O6. The van der Waals surface area contributed by atoms with Gasteiger partial charge in [0.1, 0.15) is 17.9 Å². The topological polar surface area (TPSA) is 139 Å². The van der Waals surface area contributed by atoms with Crippen molar-refractivity contribution in [1.29, 1.82) is 0 Å². The molecule has 0 heterocycles. The molecule has 0 saturated carbocycles. The summed E-state index contributed by atoms with van der Waals surface area (Å²) in [6.45, 7) is 1.19. The summed E-state index contributed by atoms with van der Waals surface area (Å²) in [4.78, 5) is 45.9. The average Bonchev–Trinajstić information content (AvgIpc) is 2.68. The Kier molecular flexibility index (Phi) is 7.56. The number of carboxylic acid groups (broad SMARTS) is 1. The molecule has 2 atom stereocenters. The maximum absolute atomic E-state index is 13.9. The Labute approximate surface area is 171 Å². The zero-order valence-electron chi connectivity index (χ0n) is 16.0. The predicted molar refractivity (Wildman–Crippen MR) is 104 cm³/mol. The number of carboxylic acids is 1. The van der Waals surface area contributed by atoms with Gasteiger partial charge in [0.05, 0.1) is 4.92 Å². The highest BCUT2D eigenvalue weighted by molar-refractivity contribution is 5.90. The number of hydrogen-bond donors (Lipinski definition) is 3. The number of carbonyl (C=O) groups excluding carboxylic acids is 2. The van der Waals surface area contributed by atoms with E-state index in [1.54, 1.807) is 6.07 Å². The third-order valence-electron chi connectivity index (χ3n) is 4.28. The standard InChI is InChI=1S/C20H20FN3O6/c1-12(25)22-17(11-14-4-2-3-5-16(14)21)19(26)23-18(20(27)28)10-13-6-8-15(9-7-13)24(29)30/h2-9,17-18H,10-11H2,1H3,(H,22,25)(H,23,26)(H,27,28)/t17-,18-/m0/s1. The molecule has 0 aliphatic heterocycles. The summed E-state index contributed by atoms with van der Waals surface area (Å²) >= 11 is 0. The molecule has 2 aromatic rings. The Bertz CT molecular complexity index is 948. The summed E-state index contributed by atoms with van der Waals surface area (Å²) in [6, 6.07) is 8.45. The maximum atomic E-state index is 13.9. The molecule has 0 saturated heterocycles. The number of nitrogens with zero attached hydrogens (tertiary/aromatic N) is 1. The van der Waals surface area contributed by atoms with Gasteiger partial charge in [0.2, 0.25) is 11.8 Å². The van der Waals surface area contributed by atoms with Crippen molar-refractivity contribution in [3.05, 3.63) is 75.6 Å². The van der Waals surface area contributed by atoms with Crippen LogP contribution in [0.3, 0.4) is 0 Å². The Morgan fingerprint density at radius 2 is 1.67 bits per heavy atom. The molecule has 9 nitrogen and oxygen atoms in total. The lowest BCUT2D eigenvalue weighted by atomic mass is 10.0. The molecule has 2 amide bonds. The van der Waals surface area contributed by atoms with Crippen molar-refractivity contribution in [1.82, 2.24) is 10.6 Å². The molecule has 10 heteroatoms. The lowest BCUT2D eigenvalue weighted by Crippen LogP contribution is -2.52. The lowest BCUT2D eigenvalue weighted by Gasteiger charge is -2.21. The van der Waals surface area contributed by atoms with Gasteiger partial charge < -0.3 is 15.7 Å². The highest BCUT2D eigenvalue weighted by atomic mass is 19.1. The van der Waals surface area contributed by atoms with Crippen LogP contribution in [0.25, 0.3) is 0 Å². The molecular weight excluding hydrogens is 397 g/mol. The Morgan fingerprint density at radius 3 is 2.20 bits per heavy atom. The summed E-state index contributed by atoms with van der Waals surface area (Å²) in [7, 11) is 0. The van der Waals surface area contributed by atoms with Gasteiger partial charge in [-0.3, -0.25) is 19.7 Å². The number of non-ortho nitro benzene ring substituents is 1. The SMILES string of the molecule is CC(=O)N[C@@H](Cc1ccccc1F)C(=O)N[C@@H](Cc1ccc([N+](=O)[O-])cc1)C(=O)O. The van der Waals surface area contributed by atoms with Crippen molar-refractivity contribution in [3.8, 4) is 0 Å². The van der Waals surface area contributed by atoms with Gasteiger partial charge in [-0.1, -0.05) is 30.3 Å². The fourth-order valence-corrected chi connectivity index (χ4v) is 2.80. The van der Waals surface area contributed by atoms with Gasteiger partial charge in [-0.05, 0) is 17.2 Å². The predicted octanol–water partition coefficient (Wildman–Crippen LogP) is 1.59. The monoisotopic (exact) mass is 417 g/mol. The Morgan fingerprint density at radius 1 is 1.03 bits per heavy atom. The summed E-state index contributed by atoms with van der Waals surface area (Å²) in [6.07, 6.45) is -0.298. The highest BCUT2D eigenvalue weighted by Crippen LogP contribution is 2.14. The van der Waals surface area contributed by atoms with E-state index < -0.39 is 40.6 Å². The zero-order chi connectivity index (χ0) is 22.3. The van der Waals surface area contributed by atoms with Crippen molar-refractivity contribution in [2.45, 2.75) is 31.8 Å². The molecule has 0 aliphatic rings. The third kappa shape index (κ3) is 6.36. The molecule has 0 aliphatic carbocycles. The third-order valence-corrected chi connectivity index (χ3v) is 4.28. The van der Waals surface area contributed by atoms with E-state index in [-0.39, 0.29) is 24.1 Å². The van der Waals surface area contributed by atoms with Gasteiger partial charge in [0.15, 0.2) is 0 Å². The molecule has 0 aromatic heterocycles. The number of carbonyl (C=O) groups is 3. The maximum Gasteiger partial charge on any atom is 0.326 e. The van der Waals surface area contributed by atoms with E-state index in [1.807, 2.05) is 0 Å². The van der Waals surface area contributed by atoms with Crippen LogP contribution in [0.2, 0.25) is 0 Å². The minimum absolute atomic E-state index is 0.133. The largest absolute Gasteiger partial charge is 0.480 e. The highest BCUT2D eigenvalue weighted by Gasteiger charge is 2.27. The first kappa shape index (κ1) is 22.5. The number of benzene rings is 2. The molecule has 2 aromatic carbocycles. The van der Waals surface area contributed by atoms with E-state index >= 15 is 0 Å². The van der Waals surface area contributed by atoms with Crippen LogP contribution in [0.4, 0.5) is 10.1 Å². The molecule has 30 heavy (non-hydrogen) atoms. The van der Waals surface area contributed by atoms with Crippen molar-refractivity contribution < 1.29 is 28.8 Å². The van der Waals surface area contributed by atoms with Crippen LogP contribution < -0.4 is 10.6 Å². The minimum Gasteiger partial charge on any atom is -0.480 e. The summed E-state index contributed by atoms with van der Waals surface area (Å²) in [5, 5.41) is 24.9. The van der Waals surface area contributed by atoms with Gasteiger partial charge in [-0.25, -0.2) is 9.18 Å². The summed E-state index contributed by atoms with van der Waals surface area (Å²) in [5.41, 5.74) is 0.498. The lowest BCUT2D eigenvalue weighted by molar-refractivity contribution is -0.384. The van der Waals surface area contributed by atoms with Gasteiger partial charge in [-0.15, -0.1) is 0 Å². The molecule has 0 spiro atoms. The van der Waals surface area contributed by atoms with Crippen LogP contribution in [-0.4, -0.2) is 39.9 Å². The first-order chi connectivity index (χ1) is 14.2. The van der Waals surface area contributed by atoms with E-state index in [1.165, 1.54) is 49.4 Å². The molecule has 0 fully saturated rings. The van der Waals surface area contributed by atoms with Crippen LogP contribution >= 0.6 is 0 Å². The van der Waals surface area contributed by atoms with Crippen molar-refractivity contribution in [2.75, 3.05) is 0 Å². The van der Waals surface area contributed by atoms with Crippen molar-refractivity contribution in [2.24, 2.45) is 0 Å². The average molecular weight is 417 g/mol. The van der Waals surface area contributed by atoms with Crippen molar-refractivity contribution >= 4 is 23.5 Å². The molecule has 3 N–H and O–H groups in total. The van der Waals surface area contributed by atoms with E-state index in [0.29, 0.717) is 5.56 Å². The van der Waals surface area contributed by atoms with Crippen molar-refractivity contribution in [3.63, 3.8) is 0 Å². The number of amides is 2. The smallest absolute Gasteiger partial charge is 0.326 e. The van der Waals surface area contributed by atoms with E-state index in [0.717, 1.165) is 0 Å². The van der Waals surface area contributed by atoms with Gasteiger partial charge in [0, 0.05) is 31.9 Å². The molecule has 158 valence electrons. The second kappa shape index (κ2) is 10.1. The summed E-state index contributed by atoms with van der Waals surface area (Å²) in [5.74, 6) is -3.20. The molecule has 2 rings (SSSR count). The second-order valence-electron chi connectivity index (χ2n) is 6.58. The fraction of sp³-hybridized carbons (Fsp3) is 0.250. The quantitative estimate of drug-likeness (QED) is 0.418. The van der Waals surface area contributed by atoms with E-state index in [2.05, 4.69) is 10.6 Å². The number of nitro benzene ring substituents is 1. The number of hydrogen-bond acceptors (Lipinski definition) is 5. The zero-order valence-corrected chi connectivity index (χ0v) is 16.0. The molecule has 0 unspecified atom stereocenters. The number of nitro groups is 1. The first-order valence-electron chi connectivity index (χ1n) is 8.94.